The van der Waals surface area contributed by atoms with Crippen LogP contribution in [0.3, 0.4) is 0 Å². The van der Waals surface area contributed by atoms with Crippen molar-refractivity contribution in [3.8, 4) is 0 Å². The predicted molar refractivity (Wildman–Crippen MR) is 11.5 cm³/mol. The second kappa shape index (κ2) is 25.2. The molecule has 0 atom stereocenters. The van der Waals surface area contributed by atoms with Crippen LogP contribution < -0.4 is 0 Å². The average Bonchev–Trinajstić information content (AvgIpc) is 0. The zero-order valence-electron chi connectivity index (χ0n) is 1.62. The third-order valence-electron chi connectivity index (χ3n) is 0. The maximum Gasteiger partial charge on any atom is 0 e. The monoisotopic (exact) mass is 177 g/mol. The average molecular weight is 178 g/mol. The zero-order valence-corrected chi connectivity index (χ0v) is 5.55. The Morgan fingerprint density at radius 1 is 0.750 bits per heavy atom. The van der Waals surface area contributed by atoms with Gasteiger partial charge >= 0.3 is 0 Å². The molecule has 0 aromatic rings. The van der Waals surface area contributed by atoms with E-state index in [0.717, 1.165) is 0 Å². The summed E-state index contributed by atoms with van der Waals surface area (Å²) >= 11 is 0. The maximum atomic E-state index is 0. The molecule has 0 aromatic heterocycles. The van der Waals surface area contributed by atoms with Gasteiger partial charge in [-0.2, -0.15) is 0 Å². The Morgan fingerprint density at radius 3 is 0.750 bits per heavy atom. The molecule has 0 unspecified atom stereocenters. The molecule has 0 rings (SSSR count). The second-order valence-corrected chi connectivity index (χ2v) is 0. The van der Waals surface area contributed by atoms with Gasteiger partial charge in [0, 0.05) is 55.5 Å². The van der Waals surface area contributed by atoms with Crippen LogP contribution in [-0.4, -0.2) is 21.9 Å². The molecule has 0 N–H and O–H groups in total. The fraction of sp³-hybridized carbons (Fsp3) is 0. The van der Waals surface area contributed by atoms with Crippen molar-refractivity contribution in [2.24, 2.45) is 0 Å². The minimum atomic E-state index is 0. The first-order chi connectivity index (χ1) is 0. The molecule has 9 radical (unpaired) electrons. The molecule has 0 aliphatic carbocycles. The molecule has 0 nitrogen and oxygen atoms in total. The maximum absolute atomic E-state index is 0. The largest absolute Gasteiger partial charge is 0 e. The third kappa shape index (κ3) is 9.86. The van der Waals surface area contributed by atoms with Gasteiger partial charge in [0.15, 0.2) is 0 Å². The van der Waals surface area contributed by atoms with Crippen molar-refractivity contribution in [1.82, 2.24) is 0 Å². The first-order valence-electron chi connectivity index (χ1n) is 0. The van der Waals surface area contributed by atoms with Crippen LogP contribution in [0.4, 0.5) is 0 Å². The van der Waals surface area contributed by atoms with Crippen molar-refractivity contribution in [2.75, 3.05) is 0 Å². The summed E-state index contributed by atoms with van der Waals surface area (Å²) in [7, 11) is 0. The van der Waals surface area contributed by atoms with E-state index in [2.05, 4.69) is 0 Å². The van der Waals surface area contributed by atoms with Crippen LogP contribution in [0.2, 0.25) is 0 Å². The van der Waals surface area contributed by atoms with Gasteiger partial charge < -0.3 is 0 Å². The molecular weight excluding hydrogens is 178 g/mol. The Hall–Kier alpha value is 1.45. The zero-order chi connectivity index (χ0) is 0. The molecule has 0 saturated heterocycles. The number of hydrogen-bond donors (Lipinski definition) is 0. The molecule has 0 aliphatic heterocycles. The predicted octanol–water partition coefficient (Wildman–Crippen LogP) is -0.767. The smallest absolute Gasteiger partial charge is 0 e. The molecule has 0 aliphatic rings. The van der Waals surface area contributed by atoms with Gasteiger partial charge in [-0.05, 0) is 0 Å². The summed E-state index contributed by atoms with van der Waals surface area (Å²) < 4.78 is 0. The quantitative estimate of drug-likeness (QED) is 0.428. The van der Waals surface area contributed by atoms with Crippen LogP contribution in [0.25, 0.3) is 0 Å². The second-order valence-electron chi connectivity index (χ2n) is 0. The molecular formula is CuNiSi2. The summed E-state index contributed by atoms with van der Waals surface area (Å²) in [5.74, 6) is 0. The topological polar surface area (TPSA) is 0 Å². The van der Waals surface area contributed by atoms with E-state index in [1.54, 1.807) is 0 Å². The van der Waals surface area contributed by atoms with Crippen LogP contribution in [0.5, 0.6) is 0 Å². The van der Waals surface area contributed by atoms with Crippen molar-refractivity contribution in [3.05, 3.63) is 0 Å². The molecule has 4 heteroatoms. The summed E-state index contributed by atoms with van der Waals surface area (Å²) in [6.07, 6.45) is 0. The van der Waals surface area contributed by atoms with Gasteiger partial charge in [-0.1, -0.05) is 0 Å². The van der Waals surface area contributed by atoms with E-state index in [1.807, 2.05) is 0 Å². The van der Waals surface area contributed by atoms with Crippen molar-refractivity contribution < 1.29 is 33.6 Å². The van der Waals surface area contributed by atoms with Gasteiger partial charge in [0.1, 0.15) is 0 Å². The van der Waals surface area contributed by atoms with Gasteiger partial charge in [0.05, 0.1) is 0 Å². The van der Waals surface area contributed by atoms with Crippen molar-refractivity contribution >= 4 is 21.9 Å². The minimum Gasteiger partial charge on any atom is 0 e. The molecule has 0 heterocycles. The standard InChI is InChI=1S/Cu.Ni.2Si. The third-order valence-corrected chi connectivity index (χ3v) is 0. The molecule has 0 spiro atoms. The summed E-state index contributed by atoms with van der Waals surface area (Å²) in [5.41, 5.74) is 0. The summed E-state index contributed by atoms with van der Waals surface area (Å²) in [6, 6.07) is 0. The molecule has 0 aromatic carbocycles. The van der Waals surface area contributed by atoms with Gasteiger partial charge in [0.2, 0.25) is 0 Å². The molecule has 4 heavy (non-hydrogen) atoms. The Balaban J connectivity index is 0. The fourth-order valence-electron chi connectivity index (χ4n) is 0. The van der Waals surface area contributed by atoms with E-state index < -0.39 is 0 Å². The van der Waals surface area contributed by atoms with Crippen molar-refractivity contribution in [1.29, 1.82) is 0 Å². The Bertz CT molecular complexity index is 6.00. The van der Waals surface area contributed by atoms with E-state index in [4.69, 9.17) is 0 Å². The molecule has 0 fully saturated rings. The van der Waals surface area contributed by atoms with E-state index in [0.29, 0.717) is 0 Å². The summed E-state index contributed by atoms with van der Waals surface area (Å²) in [6.45, 7) is 0. The SMILES string of the molecule is [Cu].[Ni].[Si].[Si]. The van der Waals surface area contributed by atoms with E-state index in [1.165, 1.54) is 0 Å². The van der Waals surface area contributed by atoms with Gasteiger partial charge in [-0.15, -0.1) is 0 Å². The van der Waals surface area contributed by atoms with E-state index in [-0.39, 0.29) is 55.5 Å². The van der Waals surface area contributed by atoms with Crippen molar-refractivity contribution in [3.63, 3.8) is 0 Å². The first kappa shape index (κ1) is 51.5. The van der Waals surface area contributed by atoms with Crippen molar-refractivity contribution in [2.45, 2.75) is 0 Å². The molecule has 0 amide bonds. The van der Waals surface area contributed by atoms with Gasteiger partial charge in [0.25, 0.3) is 0 Å². The van der Waals surface area contributed by atoms with Crippen LogP contribution >= 0.6 is 0 Å². The summed E-state index contributed by atoms with van der Waals surface area (Å²) in [4.78, 5) is 0. The van der Waals surface area contributed by atoms with Crippen LogP contribution in [0.1, 0.15) is 0 Å². The van der Waals surface area contributed by atoms with Crippen LogP contribution in [-0.2, 0) is 33.6 Å². The molecule has 0 saturated carbocycles. The Kier molecular flexibility index (Phi) is 325. The number of rotatable bonds is 0. The molecule has 29 valence electrons. The van der Waals surface area contributed by atoms with Crippen LogP contribution in [0, 0.1) is 0 Å². The number of hydrogen-bond acceptors (Lipinski definition) is 0. The fourth-order valence-corrected chi connectivity index (χ4v) is 0. The van der Waals surface area contributed by atoms with Crippen LogP contribution in [0.15, 0.2) is 0 Å². The molecule has 0 bridgehead atoms. The van der Waals surface area contributed by atoms with E-state index >= 15 is 0 Å². The normalized spacial score (nSPS) is 0. The Morgan fingerprint density at radius 2 is 0.750 bits per heavy atom. The first-order valence-corrected chi connectivity index (χ1v) is 0. The minimum absolute atomic E-state index is 0. The van der Waals surface area contributed by atoms with Gasteiger partial charge in [-0.25, -0.2) is 0 Å². The summed E-state index contributed by atoms with van der Waals surface area (Å²) in [5, 5.41) is 0. The van der Waals surface area contributed by atoms with E-state index in [9.17, 15) is 0 Å². The van der Waals surface area contributed by atoms with Gasteiger partial charge in [-0.3, -0.25) is 0 Å². The Labute approximate surface area is 55.6 Å².